The molecule has 2 heterocycles. The van der Waals surface area contributed by atoms with Crippen molar-refractivity contribution in [1.29, 1.82) is 0 Å². The fourth-order valence-electron chi connectivity index (χ4n) is 3.89. The first-order chi connectivity index (χ1) is 15.7. The summed E-state index contributed by atoms with van der Waals surface area (Å²) in [6, 6.07) is 13.5. The molecule has 0 saturated carbocycles. The van der Waals surface area contributed by atoms with E-state index >= 15 is 0 Å². The van der Waals surface area contributed by atoms with E-state index in [-0.39, 0.29) is 18.8 Å². The van der Waals surface area contributed by atoms with Crippen LogP contribution in [0.25, 0.3) is 10.9 Å². The van der Waals surface area contributed by atoms with Gasteiger partial charge in [0.2, 0.25) is 5.91 Å². The van der Waals surface area contributed by atoms with Gasteiger partial charge in [-0.3, -0.25) is 14.5 Å². The molecule has 0 spiro atoms. The van der Waals surface area contributed by atoms with Crippen LogP contribution in [0, 0.1) is 0 Å². The molecular weight excluding hydrogens is 437 g/mol. The number of aromatic amines is 1. The van der Waals surface area contributed by atoms with Gasteiger partial charge in [0.1, 0.15) is 11.6 Å². The van der Waals surface area contributed by atoms with Gasteiger partial charge in [-0.25, -0.2) is 4.99 Å². The number of amides is 2. The van der Waals surface area contributed by atoms with Crippen LogP contribution in [0.15, 0.2) is 59.7 Å². The highest BCUT2D eigenvalue weighted by Gasteiger charge is 2.66. The van der Waals surface area contributed by atoms with E-state index in [9.17, 15) is 22.8 Å². The number of carbonyl (C=O) groups excluding carboxylic acids is 2. The molecule has 1 atom stereocenters. The molecule has 10 heteroatoms. The monoisotopic (exact) mass is 458 g/mol. The molecule has 1 aliphatic heterocycles. The van der Waals surface area contributed by atoms with Crippen molar-refractivity contribution >= 4 is 28.6 Å². The Balaban J connectivity index is 1.73. The highest BCUT2D eigenvalue weighted by molar-refractivity contribution is 6.16. The van der Waals surface area contributed by atoms with Crippen molar-refractivity contribution in [3.63, 3.8) is 0 Å². The van der Waals surface area contributed by atoms with Crippen LogP contribution in [0.1, 0.15) is 18.1 Å². The second-order valence-corrected chi connectivity index (χ2v) is 7.62. The first kappa shape index (κ1) is 22.4. The Morgan fingerprint density at radius 2 is 1.94 bits per heavy atom. The van der Waals surface area contributed by atoms with Gasteiger partial charge in [-0.2, -0.15) is 13.2 Å². The molecule has 4 rings (SSSR count). The van der Waals surface area contributed by atoms with E-state index in [1.165, 1.54) is 7.11 Å². The van der Waals surface area contributed by atoms with Crippen molar-refractivity contribution < 1.29 is 27.5 Å². The van der Waals surface area contributed by atoms with E-state index in [0.717, 1.165) is 28.3 Å². The largest absolute Gasteiger partial charge is 0.497 e. The van der Waals surface area contributed by atoms with Crippen LogP contribution in [0.3, 0.4) is 0 Å². The number of alkyl halides is 3. The molecule has 7 nitrogen and oxygen atoms in total. The van der Waals surface area contributed by atoms with Crippen molar-refractivity contribution in [1.82, 2.24) is 15.2 Å². The van der Waals surface area contributed by atoms with Gasteiger partial charge in [0.25, 0.3) is 5.91 Å². The lowest BCUT2D eigenvalue weighted by atomic mass is 10.1. The number of hydrogen-bond donors (Lipinski definition) is 2. The number of aliphatic imine (C=N–C) groups is 1. The Kier molecular flexibility index (Phi) is 5.61. The van der Waals surface area contributed by atoms with Crippen LogP contribution in [-0.4, -0.2) is 53.0 Å². The third-order valence-electron chi connectivity index (χ3n) is 5.46. The van der Waals surface area contributed by atoms with Crippen molar-refractivity contribution in [3.8, 4) is 5.75 Å². The normalized spacial score (nSPS) is 18.5. The Labute approximate surface area is 187 Å². The lowest BCUT2D eigenvalue weighted by Crippen LogP contribution is -2.63. The van der Waals surface area contributed by atoms with Gasteiger partial charge in [-0.1, -0.05) is 30.3 Å². The summed E-state index contributed by atoms with van der Waals surface area (Å²) in [6.45, 7) is 0.842. The number of ether oxygens (including phenoxy) is 1. The topological polar surface area (TPSA) is 86.8 Å². The minimum Gasteiger partial charge on any atom is -0.497 e. The second-order valence-electron chi connectivity index (χ2n) is 7.62. The maximum Gasteiger partial charge on any atom is 0.442 e. The number of aromatic nitrogens is 1. The standard InChI is InChI=1S/C23H21F3N4O3/c1-14(31)28-22(23(24,25)26)21(32)30(20(29-22)15-6-4-3-5-7-15)11-10-16-13-27-19-9-8-17(33-2)12-18(16)19/h3-9,12-13,27H,10-11H2,1-2H3,(H,28,31). The van der Waals surface area contributed by atoms with Crippen molar-refractivity contribution in [2.75, 3.05) is 13.7 Å². The van der Waals surface area contributed by atoms with Crippen molar-refractivity contribution in [2.45, 2.75) is 25.2 Å². The number of rotatable bonds is 6. The molecule has 0 radical (unpaired) electrons. The third-order valence-corrected chi connectivity index (χ3v) is 5.46. The Morgan fingerprint density at radius 3 is 2.58 bits per heavy atom. The predicted octanol–water partition coefficient (Wildman–Crippen LogP) is 3.40. The molecule has 0 aliphatic carbocycles. The smallest absolute Gasteiger partial charge is 0.442 e. The zero-order valence-corrected chi connectivity index (χ0v) is 17.9. The van der Waals surface area contributed by atoms with E-state index in [2.05, 4.69) is 9.98 Å². The number of H-pyrrole nitrogens is 1. The fraction of sp³-hybridized carbons (Fsp3) is 0.261. The van der Waals surface area contributed by atoms with Gasteiger partial charge < -0.3 is 15.0 Å². The minimum absolute atomic E-state index is 0.0753. The van der Waals surface area contributed by atoms with Crippen LogP contribution >= 0.6 is 0 Å². The summed E-state index contributed by atoms with van der Waals surface area (Å²) >= 11 is 0. The van der Waals surface area contributed by atoms with Crippen LogP contribution < -0.4 is 10.1 Å². The van der Waals surface area contributed by atoms with E-state index in [1.54, 1.807) is 47.9 Å². The average molecular weight is 458 g/mol. The minimum atomic E-state index is -5.13. The van der Waals surface area contributed by atoms with Crippen LogP contribution in [0.2, 0.25) is 0 Å². The highest BCUT2D eigenvalue weighted by atomic mass is 19.4. The van der Waals surface area contributed by atoms with Crippen molar-refractivity contribution in [3.05, 3.63) is 65.9 Å². The molecule has 0 saturated heterocycles. The maximum atomic E-state index is 14.1. The average Bonchev–Trinajstić information content (AvgIpc) is 3.31. The van der Waals surface area contributed by atoms with Gasteiger partial charge in [0.15, 0.2) is 0 Å². The summed E-state index contributed by atoms with van der Waals surface area (Å²) in [5, 5.41) is 2.58. The molecule has 1 aliphatic rings. The van der Waals surface area contributed by atoms with Crippen molar-refractivity contribution in [2.24, 2.45) is 4.99 Å². The molecule has 0 bridgehead atoms. The van der Waals surface area contributed by atoms with Gasteiger partial charge in [0.05, 0.1) is 7.11 Å². The zero-order valence-electron chi connectivity index (χ0n) is 17.9. The number of methoxy groups -OCH3 is 1. The van der Waals surface area contributed by atoms with Crippen LogP contribution in [-0.2, 0) is 16.0 Å². The molecule has 33 heavy (non-hydrogen) atoms. The van der Waals surface area contributed by atoms with E-state index in [4.69, 9.17) is 4.74 Å². The van der Waals surface area contributed by atoms with E-state index in [0.29, 0.717) is 11.3 Å². The zero-order chi connectivity index (χ0) is 23.8. The summed E-state index contributed by atoms with van der Waals surface area (Å²) in [5.74, 6) is -1.87. The summed E-state index contributed by atoms with van der Waals surface area (Å²) < 4.78 is 47.6. The Morgan fingerprint density at radius 1 is 1.21 bits per heavy atom. The summed E-state index contributed by atoms with van der Waals surface area (Å²) in [7, 11) is 1.54. The molecule has 2 N–H and O–H groups in total. The molecule has 2 aromatic carbocycles. The Hall–Kier alpha value is -3.82. The molecule has 3 aromatic rings. The molecule has 1 unspecified atom stereocenters. The fourth-order valence-corrected chi connectivity index (χ4v) is 3.89. The number of carbonyl (C=O) groups is 2. The van der Waals surface area contributed by atoms with E-state index in [1.807, 2.05) is 12.1 Å². The molecule has 1 aromatic heterocycles. The van der Waals surface area contributed by atoms with Crippen LogP contribution in [0.4, 0.5) is 13.2 Å². The molecular formula is C23H21F3N4O3. The lowest BCUT2D eigenvalue weighted by Gasteiger charge is -2.28. The molecule has 0 fully saturated rings. The van der Waals surface area contributed by atoms with Gasteiger partial charge >= 0.3 is 11.8 Å². The summed E-state index contributed by atoms with van der Waals surface area (Å²) in [5.41, 5.74) is -1.40. The second kappa shape index (κ2) is 8.27. The first-order valence-electron chi connectivity index (χ1n) is 10.1. The van der Waals surface area contributed by atoms with Crippen LogP contribution in [0.5, 0.6) is 5.75 Å². The number of amidine groups is 1. The number of nitrogens with one attached hydrogen (secondary N) is 2. The number of nitrogens with zero attached hydrogens (tertiary/aromatic N) is 2. The van der Waals surface area contributed by atoms with Gasteiger partial charge in [-0.15, -0.1) is 0 Å². The molecule has 172 valence electrons. The number of fused-ring (bicyclic) bond motifs is 1. The number of halogens is 3. The quantitative estimate of drug-likeness (QED) is 0.594. The van der Waals surface area contributed by atoms with Gasteiger partial charge in [-0.05, 0) is 30.2 Å². The van der Waals surface area contributed by atoms with Gasteiger partial charge in [0, 0.05) is 36.1 Å². The predicted molar refractivity (Wildman–Crippen MR) is 116 cm³/mol. The molecule has 2 amide bonds. The van der Waals surface area contributed by atoms with E-state index < -0.39 is 23.7 Å². The SMILES string of the molecule is COc1ccc2[nH]cc(CCN3C(=O)C(NC(C)=O)(C(F)(F)F)N=C3c3ccccc3)c2c1. The maximum absolute atomic E-state index is 14.1. The summed E-state index contributed by atoms with van der Waals surface area (Å²) in [4.78, 5) is 32.7. The third kappa shape index (κ3) is 3.92. The number of benzene rings is 2. The summed E-state index contributed by atoms with van der Waals surface area (Å²) in [6.07, 6.45) is -3.13. The Bertz CT molecular complexity index is 1240. The highest BCUT2D eigenvalue weighted by Crippen LogP contribution is 2.38. The number of hydrogen-bond acceptors (Lipinski definition) is 4. The first-order valence-corrected chi connectivity index (χ1v) is 10.1. The lowest BCUT2D eigenvalue weighted by molar-refractivity contribution is -0.199.